The van der Waals surface area contributed by atoms with Gasteiger partial charge in [0.05, 0.1) is 9.83 Å². The first-order chi connectivity index (χ1) is 14.3. The van der Waals surface area contributed by atoms with Gasteiger partial charge in [-0.25, -0.2) is 4.39 Å². The van der Waals surface area contributed by atoms with Gasteiger partial charge in [0.2, 0.25) is 0 Å². The zero-order valence-electron chi connectivity index (χ0n) is 15.1. The average Bonchev–Trinajstić information content (AvgIpc) is 2.97. The zero-order valence-corrected chi connectivity index (χ0v) is 16.7. The number of amides is 3. The average molecular weight is 450 g/mol. The fourth-order valence-electron chi connectivity index (χ4n) is 2.58. The van der Waals surface area contributed by atoms with Crippen LogP contribution in [0.3, 0.4) is 0 Å². The minimum absolute atomic E-state index is 0.0245. The molecule has 0 saturated carbocycles. The van der Waals surface area contributed by atoms with E-state index in [0.29, 0.717) is 5.56 Å². The second kappa shape index (κ2) is 9.06. The van der Waals surface area contributed by atoms with Crippen molar-refractivity contribution in [2.24, 2.45) is 0 Å². The summed E-state index contributed by atoms with van der Waals surface area (Å²) in [7, 11) is 0. The number of carbonyl (C=O) groups excluding carboxylic acids is 3. The molecule has 11 heteroatoms. The highest BCUT2D eigenvalue weighted by Gasteiger charge is 2.34. The first-order valence-electron chi connectivity index (χ1n) is 8.49. The fraction of sp³-hybridized carbons (Fsp3) is 0.105. The third-order valence-electron chi connectivity index (χ3n) is 4.07. The van der Waals surface area contributed by atoms with E-state index in [4.69, 9.17) is 11.6 Å². The van der Waals surface area contributed by atoms with Crippen molar-refractivity contribution in [3.63, 3.8) is 0 Å². The molecule has 1 saturated heterocycles. The molecule has 1 N–H and O–H groups in total. The molecule has 2 aromatic carbocycles. The minimum atomic E-state index is -0.702. The zero-order chi connectivity index (χ0) is 21.8. The van der Waals surface area contributed by atoms with Gasteiger partial charge in [0, 0.05) is 24.7 Å². The Kier molecular flexibility index (Phi) is 6.48. The van der Waals surface area contributed by atoms with Crippen LogP contribution in [0.4, 0.5) is 14.9 Å². The monoisotopic (exact) mass is 449 g/mol. The van der Waals surface area contributed by atoms with Gasteiger partial charge in [0.15, 0.2) is 0 Å². The van der Waals surface area contributed by atoms with Gasteiger partial charge in [-0.05, 0) is 47.7 Å². The first-order valence-corrected chi connectivity index (χ1v) is 9.69. The second-order valence-corrected chi connectivity index (χ2v) is 7.46. The van der Waals surface area contributed by atoms with E-state index in [-0.39, 0.29) is 28.6 Å². The number of rotatable bonds is 6. The molecule has 0 aromatic heterocycles. The molecule has 0 unspecified atom stereocenters. The molecule has 0 aliphatic carbocycles. The van der Waals surface area contributed by atoms with Crippen molar-refractivity contribution in [2.45, 2.75) is 0 Å². The molecule has 1 aliphatic heterocycles. The van der Waals surface area contributed by atoms with Gasteiger partial charge in [0.1, 0.15) is 10.8 Å². The van der Waals surface area contributed by atoms with Crippen LogP contribution in [-0.4, -0.2) is 40.0 Å². The summed E-state index contributed by atoms with van der Waals surface area (Å²) in [4.78, 5) is 48.1. The van der Waals surface area contributed by atoms with Crippen molar-refractivity contribution in [1.29, 1.82) is 0 Å². The Labute approximate surface area is 178 Å². The molecule has 2 aromatic rings. The van der Waals surface area contributed by atoms with E-state index < -0.39 is 33.5 Å². The molecular weight excluding hydrogens is 437 g/mol. The summed E-state index contributed by atoms with van der Waals surface area (Å²) in [5, 5.41) is 12.8. The van der Waals surface area contributed by atoms with Gasteiger partial charge in [-0.15, -0.1) is 0 Å². The SMILES string of the molecule is O=C(NCCN1C(=O)S/C(=C\c2ccc(F)cc2)C1=O)c1ccc(Cl)c([N+](=O)[O-])c1. The van der Waals surface area contributed by atoms with Gasteiger partial charge >= 0.3 is 0 Å². The normalized spacial score (nSPS) is 15.0. The number of benzene rings is 2. The molecule has 0 atom stereocenters. The molecule has 154 valence electrons. The highest BCUT2D eigenvalue weighted by Crippen LogP contribution is 2.32. The largest absolute Gasteiger partial charge is 0.350 e. The lowest BCUT2D eigenvalue weighted by Gasteiger charge is -2.13. The number of thioether (sulfide) groups is 1. The smallest absolute Gasteiger partial charge is 0.293 e. The quantitative estimate of drug-likeness (QED) is 0.407. The summed E-state index contributed by atoms with van der Waals surface area (Å²) in [6.45, 7) is -0.121. The van der Waals surface area contributed by atoms with Crippen molar-refractivity contribution in [2.75, 3.05) is 13.1 Å². The molecule has 1 heterocycles. The number of nitro groups is 1. The molecule has 1 aliphatic rings. The van der Waals surface area contributed by atoms with Gasteiger partial charge in [-0.2, -0.15) is 0 Å². The Hall–Kier alpha value is -3.24. The molecule has 0 radical (unpaired) electrons. The van der Waals surface area contributed by atoms with Crippen LogP contribution >= 0.6 is 23.4 Å². The topological polar surface area (TPSA) is 110 Å². The molecular formula is C19H13ClFN3O5S. The van der Waals surface area contributed by atoms with E-state index in [2.05, 4.69) is 5.32 Å². The first kappa shape index (κ1) is 21.5. The van der Waals surface area contributed by atoms with Crippen LogP contribution in [0.25, 0.3) is 6.08 Å². The summed E-state index contributed by atoms with van der Waals surface area (Å²) in [6.07, 6.45) is 1.48. The lowest BCUT2D eigenvalue weighted by atomic mass is 10.2. The summed E-state index contributed by atoms with van der Waals surface area (Å²) in [6, 6.07) is 9.06. The fourth-order valence-corrected chi connectivity index (χ4v) is 3.63. The maximum atomic E-state index is 13.0. The number of hydrogen-bond donors (Lipinski definition) is 1. The van der Waals surface area contributed by atoms with Crippen molar-refractivity contribution in [1.82, 2.24) is 10.2 Å². The summed E-state index contributed by atoms with van der Waals surface area (Å²) in [5.41, 5.74) is 0.192. The lowest BCUT2D eigenvalue weighted by Crippen LogP contribution is -2.37. The van der Waals surface area contributed by atoms with E-state index in [1.54, 1.807) is 0 Å². The molecule has 1 fully saturated rings. The lowest BCUT2D eigenvalue weighted by molar-refractivity contribution is -0.384. The standard InChI is InChI=1S/C19H13ClFN3O5S/c20-14-6-3-12(10-15(14)24(28)29)17(25)22-7-8-23-18(26)16(30-19(23)27)9-11-1-4-13(21)5-2-11/h1-6,9-10H,7-8H2,(H,22,25)/b16-9-. The van der Waals surface area contributed by atoms with Gasteiger partial charge < -0.3 is 5.32 Å². The van der Waals surface area contributed by atoms with Crippen LogP contribution in [-0.2, 0) is 4.79 Å². The van der Waals surface area contributed by atoms with Crippen molar-refractivity contribution in [3.8, 4) is 0 Å². The third-order valence-corrected chi connectivity index (χ3v) is 5.29. The number of carbonyl (C=O) groups is 3. The summed E-state index contributed by atoms with van der Waals surface area (Å²) < 4.78 is 13.0. The van der Waals surface area contributed by atoms with Crippen LogP contribution in [0.2, 0.25) is 5.02 Å². The van der Waals surface area contributed by atoms with Crippen molar-refractivity contribution in [3.05, 3.63) is 79.5 Å². The summed E-state index contributed by atoms with van der Waals surface area (Å²) >= 11 is 6.46. The van der Waals surface area contributed by atoms with E-state index in [9.17, 15) is 28.9 Å². The maximum absolute atomic E-state index is 13.0. The second-order valence-electron chi connectivity index (χ2n) is 6.06. The molecule has 0 spiro atoms. The van der Waals surface area contributed by atoms with Gasteiger partial charge in [-0.1, -0.05) is 23.7 Å². The van der Waals surface area contributed by atoms with Crippen LogP contribution < -0.4 is 5.32 Å². The van der Waals surface area contributed by atoms with E-state index in [0.717, 1.165) is 22.7 Å². The Bertz CT molecular complexity index is 1070. The van der Waals surface area contributed by atoms with Crippen LogP contribution in [0, 0.1) is 15.9 Å². The van der Waals surface area contributed by atoms with E-state index >= 15 is 0 Å². The van der Waals surface area contributed by atoms with E-state index in [1.807, 2.05) is 0 Å². The van der Waals surface area contributed by atoms with Crippen LogP contribution in [0.5, 0.6) is 0 Å². The maximum Gasteiger partial charge on any atom is 0.293 e. The number of imide groups is 1. The number of halogens is 2. The predicted octanol–water partition coefficient (Wildman–Crippen LogP) is 3.85. The Morgan fingerprint density at radius 3 is 2.60 bits per heavy atom. The molecule has 0 bridgehead atoms. The van der Waals surface area contributed by atoms with Gasteiger partial charge in [0.25, 0.3) is 22.7 Å². The number of hydrogen-bond acceptors (Lipinski definition) is 6. The molecule has 3 rings (SSSR count). The predicted molar refractivity (Wildman–Crippen MR) is 110 cm³/mol. The molecule has 3 amide bonds. The minimum Gasteiger partial charge on any atom is -0.350 e. The van der Waals surface area contributed by atoms with Crippen molar-refractivity contribution >= 4 is 52.2 Å². The summed E-state index contributed by atoms with van der Waals surface area (Å²) in [5.74, 6) is -1.55. The Morgan fingerprint density at radius 1 is 1.23 bits per heavy atom. The highest BCUT2D eigenvalue weighted by molar-refractivity contribution is 8.18. The molecule has 30 heavy (non-hydrogen) atoms. The Balaban J connectivity index is 1.61. The van der Waals surface area contributed by atoms with Crippen LogP contribution in [0.1, 0.15) is 15.9 Å². The Morgan fingerprint density at radius 2 is 1.93 bits per heavy atom. The number of nitro benzene ring substituents is 1. The number of nitrogens with one attached hydrogen (secondary N) is 1. The highest BCUT2D eigenvalue weighted by atomic mass is 35.5. The molecule has 8 nitrogen and oxygen atoms in total. The van der Waals surface area contributed by atoms with Gasteiger partial charge in [-0.3, -0.25) is 29.4 Å². The number of nitrogens with zero attached hydrogens (tertiary/aromatic N) is 2. The van der Waals surface area contributed by atoms with Crippen molar-refractivity contribution < 1.29 is 23.7 Å². The van der Waals surface area contributed by atoms with Crippen LogP contribution in [0.15, 0.2) is 47.4 Å². The third kappa shape index (κ3) is 4.84. The van der Waals surface area contributed by atoms with E-state index in [1.165, 1.54) is 42.5 Å².